The van der Waals surface area contributed by atoms with Crippen molar-refractivity contribution in [2.45, 2.75) is 6.42 Å². The number of hydrogen-bond acceptors (Lipinski definition) is 5. The monoisotopic (exact) mass is 253 g/mol. The minimum atomic E-state index is -0.702. The standard InChI is InChI=1S/C12H15NO5/c1-17-7-6-10-2-4-12(5-3-10)18-9-11(14)8-13(15)16/h2-5H,6-9H2,1H3. The first kappa shape index (κ1) is 14.1. The molecule has 0 spiro atoms. The molecule has 1 rings (SSSR count). The molecule has 0 saturated carbocycles. The van der Waals surface area contributed by atoms with Crippen molar-refractivity contribution in [2.24, 2.45) is 0 Å². The van der Waals surface area contributed by atoms with Crippen LogP contribution < -0.4 is 4.74 Å². The molecular formula is C12H15NO5. The van der Waals surface area contributed by atoms with Gasteiger partial charge in [-0.15, -0.1) is 0 Å². The molecule has 0 aromatic heterocycles. The summed E-state index contributed by atoms with van der Waals surface area (Å²) in [5, 5.41) is 10.1. The van der Waals surface area contributed by atoms with Gasteiger partial charge < -0.3 is 9.47 Å². The van der Waals surface area contributed by atoms with Crippen LogP contribution in [-0.2, 0) is 16.0 Å². The summed E-state index contributed by atoms with van der Waals surface area (Å²) in [6, 6.07) is 7.19. The van der Waals surface area contributed by atoms with Crippen LogP contribution in [0.5, 0.6) is 5.75 Å². The van der Waals surface area contributed by atoms with Crippen LogP contribution >= 0.6 is 0 Å². The summed E-state index contributed by atoms with van der Waals surface area (Å²) in [5.74, 6) is -0.0312. The number of nitrogens with zero attached hydrogens (tertiary/aromatic N) is 1. The van der Waals surface area contributed by atoms with Gasteiger partial charge in [0, 0.05) is 12.0 Å². The Morgan fingerprint density at radius 1 is 1.33 bits per heavy atom. The van der Waals surface area contributed by atoms with E-state index in [1.807, 2.05) is 12.1 Å². The molecule has 0 radical (unpaired) electrons. The molecule has 0 amide bonds. The summed E-state index contributed by atoms with van der Waals surface area (Å²) in [7, 11) is 1.64. The normalized spacial score (nSPS) is 10.1. The molecule has 0 saturated heterocycles. The van der Waals surface area contributed by atoms with Crippen molar-refractivity contribution >= 4 is 5.78 Å². The second-order valence-corrected chi connectivity index (χ2v) is 3.70. The fourth-order valence-electron chi connectivity index (χ4n) is 1.33. The Balaban J connectivity index is 2.39. The lowest BCUT2D eigenvalue weighted by Gasteiger charge is -2.05. The van der Waals surface area contributed by atoms with Crippen molar-refractivity contribution in [1.82, 2.24) is 0 Å². The second kappa shape index (κ2) is 7.39. The predicted octanol–water partition coefficient (Wildman–Crippen LogP) is 1.10. The lowest BCUT2D eigenvalue weighted by Crippen LogP contribution is -2.20. The SMILES string of the molecule is COCCc1ccc(OCC(=O)C[N+](=O)[O-])cc1. The average molecular weight is 253 g/mol. The molecule has 0 unspecified atom stereocenters. The summed E-state index contributed by atoms with van der Waals surface area (Å²) in [6.07, 6.45) is 0.803. The molecule has 0 aliphatic rings. The van der Waals surface area contributed by atoms with Crippen LogP contribution in [0.25, 0.3) is 0 Å². The Labute approximate surface area is 105 Å². The highest BCUT2D eigenvalue weighted by molar-refractivity contribution is 5.80. The number of nitro groups is 1. The molecule has 6 heteroatoms. The Hall–Kier alpha value is -1.95. The Kier molecular flexibility index (Phi) is 5.79. The molecule has 1 aromatic carbocycles. The number of rotatable bonds is 8. The molecule has 0 heterocycles. The fraction of sp³-hybridized carbons (Fsp3) is 0.417. The molecule has 0 fully saturated rings. The van der Waals surface area contributed by atoms with Gasteiger partial charge in [-0.2, -0.15) is 0 Å². The number of benzene rings is 1. The molecule has 6 nitrogen and oxygen atoms in total. The van der Waals surface area contributed by atoms with Crippen molar-refractivity contribution in [3.8, 4) is 5.75 Å². The van der Waals surface area contributed by atoms with Crippen molar-refractivity contribution in [1.29, 1.82) is 0 Å². The summed E-state index contributed by atoms with van der Waals surface area (Å²) in [5.41, 5.74) is 1.10. The van der Waals surface area contributed by atoms with E-state index in [4.69, 9.17) is 9.47 Å². The van der Waals surface area contributed by atoms with Gasteiger partial charge in [-0.05, 0) is 24.1 Å². The van der Waals surface area contributed by atoms with Gasteiger partial charge in [0.15, 0.2) is 6.61 Å². The number of methoxy groups -OCH3 is 1. The summed E-state index contributed by atoms with van der Waals surface area (Å²) < 4.78 is 10.1. The summed E-state index contributed by atoms with van der Waals surface area (Å²) in [6.45, 7) is -0.341. The maximum Gasteiger partial charge on any atom is 0.264 e. The van der Waals surface area contributed by atoms with Gasteiger partial charge in [0.2, 0.25) is 5.78 Å². The second-order valence-electron chi connectivity index (χ2n) is 3.70. The van der Waals surface area contributed by atoms with E-state index in [0.717, 1.165) is 12.0 Å². The van der Waals surface area contributed by atoms with Crippen LogP contribution in [0, 0.1) is 10.1 Å². The van der Waals surface area contributed by atoms with Crippen molar-refractivity contribution in [2.75, 3.05) is 26.9 Å². The van der Waals surface area contributed by atoms with Crippen molar-refractivity contribution in [3.05, 3.63) is 39.9 Å². The van der Waals surface area contributed by atoms with E-state index >= 15 is 0 Å². The van der Waals surface area contributed by atoms with Gasteiger partial charge in [-0.1, -0.05) is 12.1 Å². The molecular weight excluding hydrogens is 238 g/mol. The molecule has 18 heavy (non-hydrogen) atoms. The highest BCUT2D eigenvalue weighted by Crippen LogP contribution is 2.12. The predicted molar refractivity (Wildman–Crippen MR) is 64.4 cm³/mol. The molecule has 0 N–H and O–H groups in total. The van der Waals surface area contributed by atoms with Crippen LogP contribution in [-0.4, -0.2) is 37.6 Å². The van der Waals surface area contributed by atoms with Crippen molar-refractivity contribution in [3.63, 3.8) is 0 Å². The van der Waals surface area contributed by atoms with Gasteiger partial charge in [-0.3, -0.25) is 14.9 Å². The van der Waals surface area contributed by atoms with E-state index in [-0.39, 0.29) is 6.61 Å². The Bertz CT molecular complexity index is 401. The molecule has 0 bridgehead atoms. The summed E-state index contributed by atoms with van der Waals surface area (Å²) >= 11 is 0. The zero-order chi connectivity index (χ0) is 13.4. The third-order valence-electron chi connectivity index (χ3n) is 2.22. The summed E-state index contributed by atoms with van der Waals surface area (Å²) in [4.78, 5) is 20.5. The number of Topliss-reactive ketones (excluding diaryl/α,β-unsaturated/α-hetero) is 1. The minimum Gasteiger partial charge on any atom is -0.486 e. The van der Waals surface area contributed by atoms with E-state index < -0.39 is 17.3 Å². The van der Waals surface area contributed by atoms with E-state index in [2.05, 4.69) is 0 Å². The van der Waals surface area contributed by atoms with Crippen LogP contribution in [0.4, 0.5) is 0 Å². The third kappa shape index (κ3) is 5.40. The molecule has 0 aliphatic carbocycles. The highest BCUT2D eigenvalue weighted by Gasteiger charge is 2.10. The van der Waals surface area contributed by atoms with Gasteiger partial charge in [0.05, 0.1) is 6.61 Å². The first-order valence-electron chi connectivity index (χ1n) is 5.46. The number of ketones is 1. The Morgan fingerprint density at radius 2 is 2.00 bits per heavy atom. The Morgan fingerprint density at radius 3 is 2.56 bits per heavy atom. The topological polar surface area (TPSA) is 78.7 Å². The zero-order valence-corrected chi connectivity index (χ0v) is 10.1. The van der Waals surface area contributed by atoms with Crippen LogP contribution in [0.15, 0.2) is 24.3 Å². The average Bonchev–Trinajstić information content (AvgIpc) is 2.34. The lowest BCUT2D eigenvalue weighted by atomic mass is 10.1. The smallest absolute Gasteiger partial charge is 0.264 e. The third-order valence-corrected chi connectivity index (χ3v) is 2.22. The number of hydrogen-bond donors (Lipinski definition) is 0. The zero-order valence-electron chi connectivity index (χ0n) is 10.1. The highest BCUT2D eigenvalue weighted by atomic mass is 16.6. The van der Waals surface area contributed by atoms with E-state index in [1.54, 1.807) is 19.2 Å². The van der Waals surface area contributed by atoms with Gasteiger partial charge in [0.25, 0.3) is 6.54 Å². The van der Waals surface area contributed by atoms with Gasteiger partial charge in [-0.25, -0.2) is 0 Å². The first-order valence-corrected chi connectivity index (χ1v) is 5.46. The van der Waals surface area contributed by atoms with Gasteiger partial charge >= 0.3 is 0 Å². The first-order chi connectivity index (χ1) is 8.61. The number of carbonyl (C=O) groups is 1. The largest absolute Gasteiger partial charge is 0.486 e. The molecule has 0 aliphatic heterocycles. The minimum absolute atomic E-state index is 0.279. The lowest BCUT2D eigenvalue weighted by molar-refractivity contribution is -0.467. The fourth-order valence-corrected chi connectivity index (χ4v) is 1.33. The van der Waals surface area contributed by atoms with E-state index in [0.29, 0.717) is 12.4 Å². The molecule has 0 atom stereocenters. The van der Waals surface area contributed by atoms with Gasteiger partial charge in [0.1, 0.15) is 5.75 Å². The van der Waals surface area contributed by atoms with E-state index in [1.165, 1.54) is 0 Å². The van der Waals surface area contributed by atoms with E-state index in [9.17, 15) is 14.9 Å². The molecule has 1 aromatic rings. The van der Waals surface area contributed by atoms with Crippen molar-refractivity contribution < 1.29 is 19.2 Å². The van der Waals surface area contributed by atoms with Crippen LogP contribution in [0.1, 0.15) is 5.56 Å². The maximum atomic E-state index is 11.1. The van der Waals surface area contributed by atoms with Crippen LogP contribution in [0.3, 0.4) is 0 Å². The number of ether oxygens (including phenoxy) is 2. The van der Waals surface area contributed by atoms with Crippen LogP contribution in [0.2, 0.25) is 0 Å². The quantitative estimate of drug-likeness (QED) is 0.512. The molecule has 98 valence electrons. The number of carbonyl (C=O) groups excluding carboxylic acids is 1. The maximum absolute atomic E-state index is 11.1.